The molecule has 1 N–H and O–H groups in total. The summed E-state index contributed by atoms with van der Waals surface area (Å²) in [5.41, 5.74) is -0.646. The molecule has 0 aliphatic heterocycles. The molecule has 0 saturated carbocycles. The topological polar surface area (TPSA) is 76.7 Å². The highest BCUT2D eigenvalue weighted by Crippen LogP contribution is 2.30. The van der Waals surface area contributed by atoms with Gasteiger partial charge in [0.15, 0.2) is 5.75 Å². The van der Waals surface area contributed by atoms with Crippen molar-refractivity contribution in [3.8, 4) is 11.5 Å². The van der Waals surface area contributed by atoms with Crippen LogP contribution in [0.25, 0.3) is 11.0 Å². The maximum absolute atomic E-state index is 11.4. The van der Waals surface area contributed by atoms with E-state index in [4.69, 9.17) is 4.42 Å². The average Bonchev–Trinajstić information content (AvgIpc) is 2.24. The van der Waals surface area contributed by atoms with E-state index in [9.17, 15) is 14.7 Å². The van der Waals surface area contributed by atoms with E-state index in [0.717, 1.165) is 6.92 Å². The van der Waals surface area contributed by atoms with E-state index in [-0.39, 0.29) is 11.3 Å². The van der Waals surface area contributed by atoms with Gasteiger partial charge in [-0.15, -0.1) is 0 Å². The molecule has 1 aromatic heterocycles. The molecule has 0 aliphatic carbocycles. The number of fused-ring (bicyclic) bond motifs is 1. The van der Waals surface area contributed by atoms with E-state index in [1.165, 1.54) is 6.07 Å². The minimum absolute atomic E-state index is 0.237. The van der Waals surface area contributed by atoms with E-state index in [1.54, 1.807) is 18.2 Å². The first kappa shape index (κ1) is 10.2. The summed E-state index contributed by atoms with van der Waals surface area (Å²) < 4.78 is 9.47. The van der Waals surface area contributed by atoms with Crippen molar-refractivity contribution in [2.75, 3.05) is 0 Å². The molecule has 1 aromatic carbocycles. The predicted molar refractivity (Wildman–Crippen MR) is 55.5 cm³/mol. The second kappa shape index (κ2) is 3.69. The Bertz CT molecular complexity index is 611. The zero-order valence-corrected chi connectivity index (χ0v) is 8.39. The van der Waals surface area contributed by atoms with Crippen molar-refractivity contribution in [3.05, 3.63) is 34.7 Å². The molecule has 5 nitrogen and oxygen atoms in total. The number of para-hydroxylation sites is 1. The van der Waals surface area contributed by atoms with Gasteiger partial charge in [0.25, 0.3) is 5.75 Å². The molecular formula is C11H8O5. The normalized spacial score (nSPS) is 10.3. The minimum Gasteiger partial charge on any atom is -0.504 e. The van der Waals surface area contributed by atoms with Gasteiger partial charge in [0, 0.05) is 6.92 Å². The van der Waals surface area contributed by atoms with E-state index >= 15 is 0 Å². The molecule has 5 heteroatoms. The van der Waals surface area contributed by atoms with Crippen LogP contribution in [0.1, 0.15) is 6.92 Å². The van der Waals surface area contributed by atoms with Gasteiger partial charge in [0.1, 0.15) is 5.58 Å². The van der Waals surface area contributed by atoms with Gasteiger partial charge in [-0.1, -0.05) is 12.1 Å². The molecule has 0 aliphatic rings. The van der Waals surface area contributed by atoms with Gasteiger partial charge >= 0.3 is 11.6 Å². The first-order chi connectivity index (χ1) is 7.59. The van der Waals surface area contributed by atoms with E-state index < -0.39 is 17.3 Å². The monoisotopic (exact) mass is 220 g/mol. The summed E-state index contributed by atoms with van der Waals surface area (Å²) in [4.78, 5) is 22.1. The van der Waals surface area contributed by atoms with Crippen LogP contribution in [0.15, 0.2) is 33.5 Å². The second-order valence-electron chi connectivity index (χ2n) is 3.16. The van der Waals surface area contributed by atoms with Gasteiger partial charge in [0.2, 0.25) is 0 Å². The van der Waals surface area contributed by atoms with E-state index in [0.29, 0.717) is 5.39 Å². The van der Waals surface area contributed by atoms with Crippen molar-refractivity contribution < 1.29 is 19.1 Å². The molecule has 0 atom stereocenters. The fourth-order valence-corrected chi connectivity index (χ4v) is 1.35. The third kappa shape index (κ3) is 1.63. The average molecular weight is 220 g/mol. The Morgan fingerprint density at radius 3 is 2.75 bits per heavy atom. The molecule has 0 fully saturated rings. The number of hydrogen-bond donors (Lipinski definition) is 1. The molecule has 0 bridgehead atoms. The van der Waals surface area contributed by atoms with Gasteiger partial charge in [0.05, 0.1) is 5.39 Å². The highest BCUT2D eigenvalue weighted by Gasteiger charge is 2.16. The number of rotatable bonds is 1. The summed E-state index contributed by atoms with van der Waals surface area (Å²) in [5, 5.41) is 10.1. The number of ether oxygens (including phenoxy) is 1. The Kier molecular flexibility index (Phi) is 2.36. The molecular weight excluding hydrogens is 212 g/mol. The molecule has 2 aromatic rings. The second-order valence-corrected chi connectivity index (χ2v) is 3.16. The molecule has 0 unspecified atom stereocenters. The van der Waals surface area contributed by atoms with E-state index in [1.807, 2.05) is 0 Å². The van der Waals surface area contributed by atoms with Crippen molar-refractivity contribution in [2.24, 2.45) is 0 Å². The zero-order valence-electron chi connectivity index (χ0n) is 8.39. The molecule has 0 spiro atoms. The van der Waals surface area contributed by atoms with Crippen molar-refractivity contribution >= 4 is 16.9 Å². The summed E-state index contributed by atoms with van der Waals surface area (Å²) in [6.45, 7) is 1.13. The lowest BCUT2D eigenvalue weighted by atomic mass is 10.2. The van der Waals surface area contributed by atoms with Gasteiger partial charge in [-0.3, -0.25) is 4.79 Å². The Balaban J connectivity index is 2.75. The number of carbonyl (C=O) groups excluding carboxylic acids is 1. The summed E-state index contributed by atoms with van der Waals surface area (Å²) >= 11 is 0. The fourth-order valence-electron chi connectivity index (χ4n) is 1.35. The summed E-state index contributed by atoms with van der Waals surface area (Å²) in [5.74, 6) is -1.56. The predicted octanol–water partition coefficient (Wildman–Crippen LogP) is 1.42. The largest absolute Gasteiger partial charge is 0.504 e. The number of aromatic hydroxyl groups is 1. The fraction of sp³-hybridized carbons (Fsp3) is 0.0909. The number of esters is 1. The summed E-state index contributed by atoms with van der Waals surface area (Å²) in [6.07, 6.45) is 0. The SMILES string of the molecule is CC(=O)Oc1c(O)c2ccccc2oc1=O. The van der Waals surface area contributed by atoms with Crippen molar-refractivity contribution in [1.29, 1.82) is 0 Å². The standard InChI is InChI=1S/C11H8O5/c1-6(12)15-10-9(13)7-4-2-3-5-8(7)16-11(10)14/h2-5,13H,1H3. The molecule has 82 valence electrons. The Morgan fingerprint density at radius 2 is 2.06 bits per heavy atom. The Morgan fingerprint density at radius 1 is 1.38 bits per heavy atom. The quantitative estimate of drug-likeness (QED) is 0.581. The van der Waals surface area contributed by atoms with Crippen molar-refractivity contribution in [3.63, 3.8) is 0 Å². The lowest BCUT2D eigenvalue weighted by Gasteiger charge is -2.04. The van der Waals surface area contributed by atoms with Crippen LogP contribution in [0.3, 0.4) is 0 Å². The Labute approximate surface area is 89.9 Å². The van der Waals surface area contributed by atoms with Gasteiger partial charge in [-0.05, 0) is 12.1 Å². The highest BCUT2D eigenvalue weighted by atomic mass is 16.6. The van der Waals surface area contributed by atoms with Gasteiger partial charge in [-0.25, -0.2) is 4.79 Å². The van der Waals surface area contributed by atoms with E-state index in [2.05, 4.69) is 4.74 Å². The van der Waals surface area contributed by atoms with Crippen LogP contribution in [0.5, 0.6) is 11.5 Å². The van der Waals surface area contributed by atoms with Crippen LogP contribution in [-0.2, 0) is 4.79 Å². The molecule has 0 radical (unpaired) electrons. The molecule has 16 heavy (non-hydrogen) atoms. The summed E-state index contributed by atoms with van der Waals surface area (Å²) in [6, 6.07) is 6.42. The third-order valence-electron chi connectivity index (χ3n) is 1.99. The molecule has 1 heterocycles. The summed E-state index contributed by atoms with van der Waals surface area (Å²) in [7, 11) is 0. The zero-order chi connectivity index (χ0) is 11.7. The first-order valence-electron chi connectivity index (χ1n) is 4.53. The first-order valence-corrected chi connectivity index (χ1v) is 4.53. The van der Waals surface area contributed by atoms with Crippen LogP contribution in [0, 0.1) is 0 Å². The maximum atomic E-state index is 11.4. The molecule has 0 amide bonds. The molecule has 2 rings (SSSR count). The van der Waals surface area contributed by atoms with Crippen LogP contribution in [0.4, 0.5) is 0 Å². The number of benzene rings is 1. The number of hydrogen-bond acceptors (Lipinski definition) is 5. The van der Waals surface area contributed by atoms with Crippen LogP contribution < -0.4 is 10.4 Å². The van der Waals surface area contributed by atoms with Crippen LogP contribution >= 0.6 is 0 Å². The number of carbonyl (C=O) groups is 1. The highest BCUT2D eigenvalue weighted by molar-refractivity contribution is 5.86. The van der Waals surface area contributed by atoms with Gasteiger partial charge < -0.3 is 14.3 Å². The Hall–Kier alpha value is -2.30. The van der Waals surface area contributed by atoms with Gasteiger partial charge in [-0.2, -0.15) is 0 Å². The lowest BCUT2D eigenvalue weighted by molar-refractivity contribution is -0.132. The molecule has 0 saturated heterocycles. The van der Waals surface area contributed by atoms with Crippen molar-refractivity contribution in [2.45, 2.75) is 6.92 Å². The van der Waals surface area contributed by atoms with Crippen LogP contribution in [0.2, 0.25) is 0 Å². The van der Waals surface area contributed by atoms with Crippen molar-refractivity contribution in [1.82, 2.24) is 0 Å². The smallest absolute Gasteiger partial charge is 0.383 e. The lowest BCUT2D eigenvalue weighted by Crippen LogP contribution is -2.11. The maximum Gasteiger partial charge on any atom is 0.383 e. The van der Waals surface area contributed by atoms with Crippen LogP contribution in [-0.4, -0.2) is 11.1 Å². The minimum atomic E-state index is -0.883. The third-order valence-corrected chi connectivity index (χ3v) is 1.99.